The zero-order chi connectivity index (χ0) is 15.7. The number of carbonyl (C=O) groups excluding carboxylic acids is 1. The van der Waals surface area contributed by atoms with Gasteiger partial charge in [-0.05, 0) is 6.42 Å². The van der Waals surface area contributed by atoms with Gasteiger partial charge in [-0.1, -0.05) is 13.3 Å². The van der Waals surface area contributed by atoms with Crippen molar-refractivity contribution in [3.63, 3.8) is 0 Å². The Hall–Kier alpha value is -2.38. The Kier molecular flexibility index (Phi) is 3.97. The first-order valence-corrected chi connectivity index (χ1v) is 6.74. The Balaban J connectivity index is 2.65. The van der Waals surface area contributed by atoms with Gasteiger partial charge in [0.05, 0.1) is 17.9 Å². The molecule has 0 radical (unpaired) electrons. The summed E-state index contributed by atoms with van der Waals surface area (Å²) in [5.41, 5.74) is -1.06. The van der Waals surface area contributed by atoms with Gasteiger partial charge in [0.15, 0.2) is 0 Å². The van der Waals surface area contributed by atoms with Gasteiger partial charge in [-0.2, -0.15) is 0 Å². The van der Waals surface area contributed by atoms with Gasteiger partial charge < -0.3 is 10.4 Å². The number of carboxylic acid groups (broad SMARTS) is 1. The molecule has 1 amide bonds. The number of hydrogen-bond acceptors (Lipinski definition) is 4. The molecule has 0 saturated carbocycles. The van der Waals surface area contributed by atoms with E-state index in [-0.39, 0.29) is 11.4 Å². The van der Waals surface area contributed by atoms with Crippen molar-refractivity contribution in [3.05, 3.63) is 26.4 Å². The molecule has 21 heavy (non-hydrogen) atoms. The number of nitrogens with zero attached hydrogens (tertiary/aromatic N) is 2. The quantitative estimate of drug-likeness (QED) is 0.785. The fourth-order valence-electron chi connectivity index (χ4n) is 2.47. The summed E-state index contributed by atoms with van der Waals surface area (Å²) < 4.78 is 2.25. The predicted molar refractivity (Wildman–Crippen MR) is 74.5 cm³/mol. The molecule has 0 aromatic carbocycles. The van der Waals surface area contributed by atoms with Gasteiger partial charge in [0, 0.05) is 13.6 Å². The molecule has 8 heteroatoms. The van der Waals surface area contributed by atoms with Crippen molar-refractivity contribution >= 4 is 17.7 Å². The molecule has 1 aliphatic heterocycles. The summed E-state index contributed by atoms with van der Waals surface area (Å²) in [6, 6.07) is 0. The number of hydrogen-bond donors (Lipinski definition) is 2. The number of aromatic nitrogens is 2. The van der Waals surface area contributed by atoms with E-state index in [9.17, 15) is 19.2 Å². The zero-order valence-corrected chi connectivity index (χ0v) is 11.9. The van der Waals surface area contributed by atoms with Crippen LogP contribution in [0.5, 0.6) is 0 Å². The second kappa shape index (κ2) is 5.55. The molecule has 0 aliphatic carbocycles. The van der Waals surface area contributed by atoms with E-state index >= 15 is 0 Å². The normalized spacial score (nSPS) is 16.7. The molecule has 1 aromatic rings. The standard InChI is InChI=1S/C13H17N3O5/c1-3-4-5-16-10-9(12(20)15(2)13(16)21)7(6-8(17)18)11(19)14-10/h7H,3-6H2,1-2H3,(H,14,19)(H,17,18). The average Bonchev–Trinajstić information content (AvgIpc) is 2.73. The summed E-state index contributed by atoms with van der Waals surface area (Å²) >= 11 is 0. The lowest BCUT2D eigenvalue weighted by Crippen LogP contribution is -2.40. The van der Waals surface area contributed by atoms with Crippen LogP contribution < -0.4 is 16.6 Å². The van der Waals surface area contributed by atoms with Crippen LogP contribution in [0.15, 0.2) is 9.59 Å². The van der Waals surface area contributed by atoms with E-state index in [4.69, 9.17) is 5.11 Å². The summed E-state index contributed by atoms with van der Waals surface area (Å²) in [4.78, 5) is 47.2. The van der Waals surface area contributed by atoms with Gasteiger partial charge in [-0.15, -0.1) is 0 Å². The number of amides is 1. The van der Waals surface area contributed by atoms with E-state index < -0.39 is 35.5 Å². The number of anilines is 1. The highest BCUT2D eigenvalue weighted by Gasteiger charge is 2.38. The third kappa shape index (κ3) is 2.48. The number of fused-ring (bicyclic) bond motifs is 1. The van der Waals surface area contributed by atoms with Crippen molar-refractivity contribution in [1.82, 2.24) is 9.13 Å². The molecular weight excluding hydrogens is 278 g/mol. The van der Waals surface area contributed by atoms with E-state index in [1.165, 1.54) is 11.6 Å². The third-order valence-corrected chi connectivity index (χ3v) is 3.60. The smallest absolute Gasteiger partial charge is 0.332 e. The molecule has 2 rings (SSSR count). The van der Waals surface area contributed by atoms with Crippen molar-refractivity contribution in [3.8, 4) is 0 Å². The molecule has 0 spiro atoms. The molecule has 1 aliphatic rings. The lowest BCUT2D eigenvalue weighted by molar-refractivity contribution is -0.138. The maximum absolute atomic E-state index is 12.2. The number of aliphatic carboxylic acids is 1. The molecule has 2 heterocycles. The fraction of sp³-hybridized carbons (Fsp3) is 0.538. The summed E-state index contributed by atoms with van der Waals surface area (Å²) in [6.45, 7) is 2.32. The Morgan fingerprint density at radius 2 is 2.00 bits per heavy atom. The summed E-state index contributed by atoms with van der Waals surface area (Å²) in [5.74, 6) is -2.63. The minimum absolute atomic E-state index is 0.0700. The van der Waals surface area contributed by atoms with Crippen LogP contribution in [0.4, 0.5) is 5.82 Å². The minimum Gasteiger partial charge on any atom is -0.481 e. The van der Waals surface area contributed by atoms with Gasteiger partial charge in [0.2, 0.25) is 5.91 Å². The van der Waals surface area contributed by atoms with E-state index in [1.807, 2.05) is 6.92 Å². The number of carbonyl (C=O) groups is 2. The van der Waals surface area contributed by atoms with E-state index in [2.05, 4.69) is 5.32 Å². The number of nitrogens with one attached hydrogen (secondary N) is 1. The van der Waals surface area contributed by atoms with Crippen LogP contribution in [0, 0.1) is 0 Å². The molecule has 1 aromatic heterocycles. The number of carboxylic acids is 1. The molecule has 0 bridgehead atoms. The largest absolute Gasteiger partial charge is 0.481 e. The van der Waals surface area contributed by atoms with E-state index in [0.717, 1.165) is 11.0 Å². The van der Waals surface area contributed by atoms with Crippen molar-refractivity contribution < 1.29 is 14.7 Å². The van der Waals surface area contributed by atoms with Crippen molar-refractivity contribution in [2.75, 3.05) is 5.32 Å². The third-order valence-electron chi connectivity index (χ3n) is 3.60. The highest BCUT2D eigenvalue weighted by molar-refractivity contribution is 6.03. The minimum atomic E-state index is -1.17. The monoisotopic (exact) mass is 295 g/mol. The molecular formula is C13H17N3O5. The molecule has 0 saturated heterocycles. The highest BCUT2D eigenvalue weighted by Crippen LogP contribution is 2.31. The summed E-state index contributed by atoms with van der Waals surface area (Å²) in [7, 11) is 1.33. The van der Waals surface area contributed by atoms with Crippen LogP contribution in [0.1, 0.15) is 37.7 Å². The van der Waals surface area contributed by atoms with Crippen LogP contribution in [0.25, 0.3) is 0 Å². The summed E-state index contributed by atoms with van der Waals surface area (Å²) in [5, 5.41) is 11.4. The van der Waals surface area contributed by atoms with Gasteiger partial charge in [-0.3, -0.25) is 23.5 Å². The maximum Gasteiger partial charge on any atom is 0.332 e. The van der Waals surface area contributed by atoms with E-state index in [0.29, 0.717) is 13.0 Å². The lowest BCUT2D eigenvalue weighted by atomic mass is 10.00. The summed E-state index contributed by atoms with van der Waals surface area (Å²) in [6.07, 6.45) is 1.08. The van der Waals surface area contributed by atoms with Crippen molar-refractivity contribution in [2.24, 2.45) is 7.05 Å². The van der Waals surface area contributed by atoms with Crippen molar-refractivity contribution in [1.29, 1.82) is 0 Å². The topological polar surface area (TPSA) is 110 Å². The second-order valence-electron chi connectivity index (χ2n) is 5.05. The molecule has 8 nitrogen and oxygen atoms in total. The van der Waals surface area contributed by atoms with Gasteiger partial charge in [0.1, 0.15) is 5.82 Å². The van der Waals surface area contributed by atoms with Gasteiger partial charge in [-0.25, -0.2) is 4.79 Å². The first kappa shape index (κ1) is 15.0. The fourth-order valence-corrected chi connectivity index (χ4v) is 2.47. The van der Waals surface area contributed by atoms with Crippen molar-refractivity contribution in [2.45, 2.75) is 38.6 Å². The Labute approximate surface area is 120 Å². The van der Waals surface area contributed by atoms with Crippen LogP contribution in [0.2, 0.25) is 0 Å². The number of unbranched alkanes of at least 4 members (excludes halogenated alkanes) is 1. The molecule has 2 N–H and O–H groups in total. The molecule has 0 fully saturated rings. The molecule has 1 atom stereocenters. The molecule has 114 valence electrons. The maximum atomic E-state index is 12.2. The van der Waals surface area contributed by atoms with Crippen LogP contribution >= 0.6 is 0 Å². The predicted octanol–water partition coefficient (Wildman–Crippen LogP) is -0.142. The first-order chi connectivity index (χ1) is 9.88. The average molecular weight is 295 g/mol. The SMILES string of the molecule is CCCCn1c2c(c(=O)n(C)c1=O)C(CC(=O)O)C(=O)N2. The lowest BCUT2D eigenvalue weighted by Gasteiger charge is -2.13. The van der Waals surface area contributed by atoms with Crippen LogP contribution in [-0.4, -0.2) is 26.1 Å². The second-order valence-corrected chi connectivity index (χ2v) is 5.05. The van der Waals surface area contributed by atoms with Gasteiger partial charge >= 0.3 is 11.7 Å². The van der Waals surface area contributed by atoms with Crippen LogP contribution in [-0.2, 0) is 23.2 Å². The Morgan fingerprint density at radius 3 is 2.57 bits per heavy atom. The Bertz CT molecular complexity index is 716. The Morgan fingerprint density at radius 1 is 1.33 bits per heavy atom. The first-order valence-electron chi connectivity index (χ1n) is 6.74. The van der Waals surface area contributed by atoms with E-state index in [1.54, 1.807) is 0 Å². The van der Waals surface area contributed by atoms with Gasteiger partial charge in [0.25, 0.3) is 5.56 Å². The molecule has 1 unspecified atom stereocenters. The highest BCUT2D eigenvalue weighted by atomic mass is 16.4. The van der Waals surface area contributed by atoms with Crippen LogP contribution in [0.3, 0.4) is 0 Å². The number of rotatable bonds is 5. The zero-order valence-electron chi connectivity index (χ0n) is 11.9.